The van der Waals surface area contributed by atoms with Crippen molar-refractivity contribution in [3.8, 4) is 0 Å². The van der Waals surface area contributed by atoms with Crippen LogP contribution in [0.5, 0.6) is 0 Å². The van der Waals surface area contributed by atoms with Crippen LogP contribution in [0.3, 0.4) is 0 Å². The molecular weight excluding hydrogens is 183 g/mol. The van der Waals surface area contributed by atoms with E-state index in [-0.39, 0.29) is 12.0 Å². The maximum atomic E-state index is 13.7. The van der Waals surface area contributed by atoms with E-state index >= 15 is 0 Å². The summed E-state index contributed by atoms with van der Waals surface area (Å²) in [6.07, 6.45) is 0.847. The smallest absolute Gasteiger partial charge is 0.127 e. The molecule has 0 aromatic heterocycles. The summed E-state index contributed by atoms with van der Waals surface area (Å²) in [5.74, 6) is -0.170. The first-order valence-electron chi connectivity index (χ1n) is 4.94. The van der Waals surface area contributed by atoms with Crippen LogP contribution >= 0.6 is 0 Å². The van der Waals surface area contributed by atoms with Crippen molar-refractivity contribution in [2.45, 2.75) is 12.2 Å². The SMILES string of the molecule is CN1CNCC1C1C(N)=CNCC1F. The highest BCUT2D eigenvalue weighted by atomic mass is 19.1. The molecule has 0 saturated carbocycles. The van der Waals surface area contributed by atoms with E-state index in [1.807, 2.05) is 7.05 Å². The van der Waals surface area contributed by atoms with E-state index in [0.717, 1.165) is 13.2 Å². The van der Waals surface area contributed by atoms with Crippen molar-refractivity contribution in [2.75, 3.05) is 26.8 Å². The quantitative estimate of drug-likeness (QED) is 0.519. The summed E-state index contributed by atoms with van der Waals surface area (Å²) in [7, 11) is 1.99. The standard InChI is InChI=1S/C9H17FN4/c1-14-5-13-4-8(14)9-6(10)2-12-3-7(9)11/h3,6,8-9,12-13H,2,4-5,11H2,1H3. The van der Waals surface area contributed by atoms with Gasteiger partial charge in [-0.3, -0.25) is 4.90 Å². The summed E-state index contributed by atoms with van der Waals surface area (Å²) in [5, 5.41) is 6.07. The lowest BCUT2D eigenvalue weighted by Crippen LogP contribution is -2.47. The molecule has 4 N–H and O–H groups in total. The largest absolute Gasteiger partial charge is 0.401 e. The Kier molecular flexibility index (Phi) is 2.60. The van der Waals surface area contributed by atoms with Crippen LogP contribution in [0.1, 0.15) is 0 Å². The van der Waals surface area contributed by atoms with Crippen LogP contribution in [-0.4, -0.2) is 43.9 Å². The molecule has 2 heterocycles. The summed E-state index contributed by atoms with van der Waals surface area (Å²) < 4.78 is 13.7. The van der Waals surface area contributed by atoms with Crippen LogP contribution in [0.4, 0.5) is 4.39 Å². The van der Waals surface area contributed by atoms with Gasteiger partial charge < -0.3 is 16.4 Å². The molecule has 1 saturated heterocycles. The third-order valence-corrected chi connectivity index (χ3v) is 3.05. The molecule has 3 atom stereocenters. The van der Waals surface area contributed by atoms with Gasteiger partial charge in [0.05, 0.1) is 0 Å². The van der Waals surface area contributed by atoms with E-state index in [1.165, 1.54) is 0 Å². The van der Waals surface area contributed by atoms with Gasteiger partial charge in [-0.2, -0.15) is 0 Å². The molecule has 0 amide bonds. The van der Waals surface area contributed by atoms with Crippen LogP contribution in [0.15, 0.2) is 11.9 Å². The second-order valence-electron chi connectivity index (χ2n) is 4.03. The molecule has 0 spiro atoms. The highest BCUT2D eigenvalue weighted by Crippen LogP contribution is 2.25. The Labute approximate surface area is 83.3 Å². The van der Waals surface area contributed by atoms with Crippen molar-refractivity contribution in [2.24, 2.45) is 11.7 Å². The Bertz CT molecular complexity index is 243. The molecule has 14 heavy (non-hydrogen) atoms. The number of likely N-dealkylation sites (N-methyl/N-ethyl adjacent to an activating group) is 1. The summed E-state index contributed by atoms with van der Waals surface area (Å²) in [6, 6.07) is 0.184. The minimum atomic E-state index is -0.882. The van der Waals surface area contributed by atoms with Gasteiger partial charge in [-0.1, -0.05) is 0 Å². The lowest BCUT2D eigenvalue weighted by atomic mass is 9.89. The van der Waals surface area contributed by atoms with Crippen molar-refractivity contribution in [3.63, 3.8) is 0 Å². The number of nitrogens with zero attached hydrogens (tertiary/aromatic N) is 1. The number of nitrogens with two attached hydrogens (primary N) is 1. The monoisotopic (exact) mass is 200 g/mol. The van der Waals surface area contributed by atoms with Crippen LogP contribution in [0.2, 0.25) is 0 Å². The van der Waals surface area contributed by atoms with E-state index < -0.39 is 6.17 Å². The summed E-state index contributed by atoms with van der Waals surface area (Å²) in [4.78, 5) is 2.11. The molecule has 4 nitrogen and oxygen atoms in total. The van der Waals surface area contributed by atoms with Crippen LogP contribution < -0.4 is 16.4 Å². The second kappa shape index (κ2) is 3.74. The van der Waals surface area contributed by atoms with Crippen LogP contribution in [0, 0.1) is 5.92 Å². The Morgan fingerprint density at radius 2 is 2.36 bits per heavy atom. The predicted octanol–water partition coefficient (Wildman–Crippen LogP) is -0.795. The minimum absolute atomic E-state index is 0.170. The van der Waals surface area contributed by atoms with Crippen molar-refractivity contribution < 1.29 is 4.39 Å². The molecular formula is C9H17FN4. The van der Waals surface area contributed by atoms with Gasteiger partial charge in [0.25, 0.3) is 0 Å². The number of hydrogen-bond donors (Lipinski definition) is 3. The zero-order valence-corrected chi connectivity index (χ0v) is 8.33. The fourth-order valence-electron chi connectivity index (χ4n) is 2.25. The van der Waals surface area contributed by atoms with Gasteiger partial charge in [-0.05, 0) is 7.05 Å². The fourth-order valence-corrected chi connectivity index (χ4v) is 2.25. The maximum Gasteiger partial charge on any atom is 0.127 e. The number of halogens is 1. The Hall–Kier alpha value is -0.810. The molecule has 5 heteroatoms. The topological polar surface area (TPSA) is 53.3 Å². The van der Waals surface area contributed by atoms with Crippen molar-refractivity contribution in [1.29, 1.82) is 0 Å². The molecule has 80 valence electrons. The van der Waals surface area contributed by atoms with Crippen LogP contribution in [-0.2, 0) is 0 Å². The Balaban J connectivity index is 2.14. The average Bonchev–Trinajstić information content (AvgIpc) is 2.52. The molecule has 1 fully saturated rings. The van der Waals surface area contributed by atoms with Crippen molar-refractivity contribution >= 4 is 0 Å². The maximum absolute atomic E-state index is 13.7. The first kappa shape index (κ1) is 9.73. The molecule has 0 aromatic carbocycles. The van der Waals surface area contributed by atoms with Gasteiger partial charge in [0.15, 0.2) is 0 Å². The lowest BCUT2D eigenvalue weighted by Gasteiger charge is -2.33. The molecule has 2 aliphatic rings. The van der Waals surface area contributed by atoms with Gasteiger partial charge in [0.1, 0.15) is 6.17 Å². The van der Waals surface area contributed by atoms with Crippen molar-refractivity contribution in [3.05, 3.63) is 11.9 Å². The first-order valence-corrected chi connectivity index (χ1v) is 4.94. The van der Waals surface area contributed by atoms with Gasteiger partial charge in [0.2, 0.25) is 0 Å². The van der Waals surface area contributed by atoms with Gasteiger partial charge in [0, 0.05) is 43.6 Å². The second-order valence-corrected chi connectivity index (χ2v) is 4.03. The molecule has 0 radical (unpaired) electrons. The fraction of sp³-hybridized carbons (Fsp3) is 0.778. The summed E-state index contributed by atoms with van der Waals surface area (Å²) in [5.41, 5.74) is 6.44. The summed E-state index contributed by atoms with van der Waals surface area (Å²) >= 11 is 0. The third-order valence-electron chi connectivity index (χ3n) is 3.05. The first-order chi connectivity index (χ1) is 6.70. The van der Waals surface area contributed by atoms with Crippen molar-refractivity contribution in [1.82, 2.24) is 15.5 Å². The summed E-state index contributed by atoms with van der Waals surface area (Å²) in [6.45, 7) is 2.00. The highest BCUT2D eigenvalue weighted by Gasteiger charge is 2.37. The third kappa shape index (κ3) is 1.57. The number of rotatable bonds is 1. The molecule has 0 aliphatic carbocycles. The number of hydrogen-bond acceptors (Lipinski definition) is 4. The van der Waals surface area contributed by atoms with E-state index in [2.05, 4.69) is 15.5 Å². The Morgan fingerprint density at radius 3 is 2.93 bits per heavy atom. The molecule has 0 aromatic rings. The minimum Gasteiger partial charge on any atom is -0.401 e. The zero-order valence-electron chi connectivity index (χ0n) is 8.33. The Morgan fingerprint density at radius 1 is 1.57 bits per heavy atom. The van der Waals surface area contributed by atoms with E-state index in [1.54, 1.807) is 6.20 Å². The predicted molar refractivity (Wildman–Crippen MR) is 53.1 cm³/mol. The van der Waals surface area contributed by atoms with Gasteiger partial charge in [-0.15, -0.1) is 0 Å². The van der Waals surface area contributed by atoms with Crippen LogP contribution in [0.25, 0.3) is 0 Å². The van der Waals surface area contributed by atoms with E-state index in [9.17, 15) is 4.39 Å². The highest BCUT2D eigenvalue weighted by molar-refractivity contribution is 5.13. The van der Waals surface area contributed by atoms with E-state index in [0.29, 0.717) is 12.2 Å². The normalized spacial score (nSPS) is 39.3. The van der Waals surface area contributed by atoms with Gasteiger partial charge >= 0.3 is 0 Å². The molecule has 2 aliphatic heterocycles. The number of alkyl halides is 1. The molecule has 0 bridgehead atoms. The zero-order chi connectivity index (χ0) is 10.1. The molecule has 2 rings (SSSR count). The number of nitrogens with one attached hydrogen (secondary N) is 2. The average molecular weight is 200 g/mol. The van der Waals surface area contributed by atoms with E-state index in [4.69, 9.17) is 5.73 Å². The molecule has 3 unspecified atom stereocenters. The van der Waals surface area contributed by atoms with Gasteiger partial charge in [-0.25, -0.2) is 4.39 Å². The lowest BCUT2D eigenvalue weighted by molar-refractivity contribution is 0.153.